The second-order valence-electron chi connectivity index (χ2n) is 7.24. The van der Waals surface area contributed by atoms with E-state index in [2.05, 4.69) is 4.98 Å². The number of aryl methyl sites for hydroxylation is 1. The number of carbonyl (C=O) groups excluding carboxylic acids is 1. The van der Waals surface area contributed by atoms with Crippen molar-refractivity contribution in [3.63, 3.8) is 0 Å². The summed E-state index contributed by atoms with van der Waals surface area (Å²) in [7, 11) is 1.97. The quantitative estimate of drug-likeness (QED) is 0.640. The molecule has 2 aliphatic heterocycles. The first-order valence-electron chi connectivity index (χ1n) is 9.58. The van der Waals surface area contributed by atoms with E-state index in [1.54, 1.807) is 36.7 Å². The van der Waals surface area contributed by atoms with Crippen molar-refractivity contribution in [1.29, 1.82) is 0 Å². The zero-order chi connectivity index (χ0) is 20.0. The van der Waals surface area contributed by atoms with Crippen LogP contribution in [0.1, 0.15) is 27.3 Å². The molecule has 148 valence electrons. The lowest BCUT2D eigenvalue weighted by atomic mass is 9.98. The first kappa shape index (κ1) is 17.7. The van der Waals surface area contributed by atoms with Gasteiger partial charge in [0, 0.05) is 31.3 Å². The molecule has 3 heterocycles. The van der Waals surface area contributed by atoms with Crippen LogP contribution in [0.3, 0.4) is 0 Å². The molecule has 0 atom stereocenters. The zero-order valence-electron chi connectivity index (χ0n) is 16.0. The Morgan fingerprint density at radius 3 is 2.83 bits per heavy atom. The third-order valence-corrected chi connectivity index (χ3v) is 5.47. The number of nitrogens with zero attached hydrogens (tertiary/aromatic N) is 3. The molecular formula is C22H20FN3O3. The van der Waals surface area contributed by atoms with Gasteiger partial charge in [0.25, 0.3) is 0 Å². The lowest BCUT2D eigenvalue weighted by molar-refractivity contribution is 0.103. The minimum absolute atomic E-state index is 0.0727. The monoisotopic (exact) mass is 393 g/mol. The van der Waals surface area contributed by atoms with Gasteiger partial charge in [-0.25, -0.2) is 9.37 Å². The normalized spacial score (nSPS) is 15.2. The van der Waals surface area contributed by atoms with Crippen LogP contribution in [0.4, 0.5) is 10.1 Å². The minimum Gasteiger partial charge on any atom is -0.486 e. The number of hydrogen-bond acceptors (Lipinski definition) is 5. The average molecular weight is 393 g/mol. The fourth-order valence-electron chi connectivity index (χ4n) is 3.99. The predicted octanol–water partition coefficient (Wildman–Crippen LogP) is 3.12. The first-order valence-corrected chi connectivity index (χ1v) is 9.58. The number of hydrogen-bond donors (Lipinski definition) is 0. The predicted molar refractivity (Wildman–Crippen MR) is 105 cm³/mol. The van der Waals surface area contributed by atoms with Crippen molar-refractivity contribution in [2.24, 2.45) is 7.05 Å². The van der Waals surface area contributed by atoms with Crippen LogP contribution in [0, 0.1) is 5.82 Å². The summed E-state index contributed by atoms with van der Waals surface area (Å²) in [6.45, 7) is 2.14. The fourth-order valence-corrected chi connectivity index (χ4v) is 3.99. The Balaban J connectivity index is 1.52. The lowest BCUT2D eigenvalue weighted by Crippen LogP contribution is -2.32. The number of imidazole rings is 1. The van der Waals surface area contributed by atoms with Gasteiger partial charge in [-0.2, -0.15) is 0 Å². The van der Waals surface area contributed by atoms with Gasteiger partial charge in [-0.05, 0) is 30.3 Å². The third kappa shape index (κ3) is 3.03. The van der Waals surface area contributed by atoms with E-state index in [0.717, 1.165) is 12.1 Å². The van der Waals surface area contributed by atoms with Crippen LogP contribution in [-0.4, -0.2) is 35.1 Å². The van der Waals surface area contributed by atoms with E-state index in [9.17, 15) is 9.18 Å². The van der Waals surface area contributed by atoms with Gasteiger partial charge in [0.2, 0.25) is 0 Å². The highest BCUT2D eigenvalue weighted by Crippen LogP contribution is 2.34. The Bertz CT molecular complexity index is 1110. The van der Waals surface area contributed by atoms with Gasteiger partial charge in [-0.15, -0.1) is 0 Å². The molecule has 3 aromatic rings. The van der Waals surface area contributed by atoms with Crippen LogP contribution in [0.2, 0.25) is 0 Å². The number of carbonyl (C=O) groups is 1. The van der Waals surface area contributed by atoms with E-state index in [-0.39, 0.29) is 11.3 Å². The summed E-state index contributed by atoms with van der Waals surface area (Å²) in [5.74, 6) is 0.201. The van der Waals surface area contributed by atoms with E-state index in [4.69, 9.17) is 9.47 Å². The van der Waals surface area contributed by atoms with Gasteiger partial charge in [0.05, 0.1) is 29.8 Å². The molecule has 5 rings (SSSR count). The molecule has 6 nitrogen and oxygen atoms in total. The molecule has 0 saturated carbocycles. The number of halogens is 1. The Morgan fingerprint density at radius 1 is 1.14 bits per heavy atom. The summed E-state index contributed by atoms with van der Waals surface area (Å²) in [6.07, 6.45) is 2.58. The van der Waals surface area contributed by atoms with E-state index in [0.29, 0.717) is 49.1 Å². The molecule has 2 aliphatic rings. The number of fused-ring (bicyclic) bond motifs is 2. The Labute approximate surface area is 167 Å². The standard InChI is InChI=1S/C22H20FN3O3/c1-25-13-24-16-12-26(8-7-17(16)25)18-4-2-3-15(23)21(18)22(27)14-5-6-19-20(11-14)29-10-9-28-19/h2-6,11,13H,7-10,12H2,1H3. The Hall–Kier alpha value is -3.35. The molecule has 0 aliphatic carbocycles. The van der Waals surface area contributed by atoms with Gasteiger partial charge in [0.1, 0.15) is 19.0 Å². The summed E-state index contributed by atoms with van der Waals surface area (Å²) >= 11 is 0. The molecule has 0 unspecified atom stereocenters. The van der Waals surface area contributed by atoms with Crippen LogP contribution in [-0.2, 0) is 20.0 Å². The zero-order valence-corrected chi connectivity index (χ0v) is 16.0. The van der Waals surface area contributed by atoms with Crippen LogP contribution >= 0.6 is 0 Å². The molecule has 0 radical (unpaired) electrons. The molecule has 0 bridgehead atoms. The number of benzene rings is 2. The topological polar surface area (TPSA) is 56.6 Å². The molecule has 29 heavy (non-hydrogen) atoms. The van der Waals surface area contributed by atoms with Crippen LogP contribution in [0.25, 0.3) is 0 Å². The molecule has 2 aromatic carbocycles. The maximum atomic E-state index is 14.9. The summed E-state index contributed by atoms with van der Waals surface area (Å²) < 4.78 is 28.0. The Morgan fingerprint density at radius 2 is 1.97 bits per heavy atom. The van der Waals surface area contributed by atoms with Gasteiger partial charge in [0.15, 0.2) is 17.3 Å². The highest BCUT2D eigenvalue weighted by atomic mass is 19.1. The summed E-state index contributed by atoms with van der Waals surface area (Å²) in [6, 6.07) is 9.73. The van der Waals surface area contributed by atoms with Crippen molar-refractivity contribution in [3.05, 3.63) is 71.1 Å². The van der Waals surface area contributed by atoms with E-state index in [1.165, 1.54) is 11.8 Å². The summed E-state index contributed by atoms with van der Waals surface area (Å²) in [4.78, 5) is 19.7. The van der Waals surface area contributed by atoms with Crippen LogP contribution < -0.4 is 14.4 Å². The molecule has 0 N–H and O–H groups in total. The summed E-state index contributed by atoms with van der Waals surface area (Å²) in [5, 5.41) is 0. The van der Waals surface area contributed by atoms with Gasteiger partial charge in [-0.3, -0.25) is 4.79 Å². The number of ketones is 1. The summed E-state index contributed by atoms with van der Waals surface area (Å²) in [5.41, 5.74) is 3.17. The van der Waals surface area contributed by atoms with Gasteiger partial charge < -0.3 is 18.9 Å². The highest BCUT2D eigenvalue weighted by molar-refractivity contribution is 6.13. The number of ether oxygens (including phenoxy) is 2. The molecule has 0 saturated heterocycles. The molecule has 0 fully saturated rings. The maximum absolute atomic E-state index is 14.9. The highest BCUT2D eigenvalue weighted by Gasteiger charge is 2.27. The molecule has 0 amide bonds. The second kappa shape index (κ2) is 6.92. The maximum Gasteiger partial charge on any atom is 0.198 e. The molecule has 0 spiro atoms. The average Bonchev–Trinajstić information content (AvgIpc) is 3.13. The SMILES string of the molecule is Cn1cnc2c1CCN(c1cccc(F)c1C(=O)c1ccc3c(c1)OCCO3)C2. The molecule has 1 aromatic heterocycles. The largest absolute Gasteiger partial charge is 0.486 e. The van der Waals surface area contributed by atoms with Crippen molar-refractivity contribution in [1.82, 2.24) is 9.55 Å². The first-order chi connectivity index (χ1) is 14.1. The van der Waals surface area contributed by atoms with Gasteiger partial charge in [-0.1, -0.05) is 6.07 Å². The minimum atomic E-state index is -0.533. The Kier molecular flexibility index (Phi) is 4.23. The lowest BCUT2D eigenvalue weighted by Gasteiger charge is -2.30. The number of rotatable bonds is 3. The van der Waals surface area contributed by atoms with Crippen molar-refractivity contribution in [2.45, 2.75) is 13.0 Å². The van der Waals surface area contributed by atoms with Crippen molar-refractivity contribution < 1.29 is 18.7 Å². The fraction of sp³-hybridized carbons (Fsp3) is 0.273. The molecule has 7 heteroatoms. The number of aromatic nitrogens is 2. The van der Waals surface area contributed by atoms with E-state index < -0.39 is 5.82 Å². The van der Waals surface area contributed by atoms with Crippen LogP contribution in [0.5, 0.6) is 11.5 Å². The van der Waals surface area contributed by atoms with Gasteiger partial charge >= 0.3 is 0 Å². The second-order valence-corrected chi connectivity index (χ2v) is 7.24. The third-order valence-electron chi connectivity index (χ3n) is 5.47. The van der Waals surface area contributed by atoms with E-state index in [1.807, 2.05) is 16.5 Å². The van der Waals surface area contributed by atoms with Crippen LogP contribution in [0.15, 0.2) is 42.7 Å². The van der Waals surface area contributed by atoms with Crippen molar-refractivity contribution >= 4 is 11.5 Å². The van der Waals surface area contributed by atoms with Crippen molar-refractivity contribution in [2.75, 3.05) is 24.7 Å². The smallest absolute Gasteiger partial charge is 0.198 e. The van der Waals surface area contributed by atoms with E-state index >= 15 is 0 Å². The molecular weight excluding hydrogens is 373 g/mol. The van der Waals surface area contributed by atoms with Crippen molar-refractivity contribution in [3.8, 4) is 11.5 Å². The number of anilines is 1.